The van der Waals surface area contributed by atoms with Gasteiger partial charge in [-0.2, -0.15) is 4.98 Å². The Hall–Kier alpha value is -1.44. The number of nitrogens with zero attached hydrogens (tertiary/aromatic N) is 2. The average molecular weight is 401 g/mol. The zero-order valence-electron chi connectivity index (χ0n) is 16.2. The van der Waals surface area contributed by atoms with E-state index in [0.29, 0.717) is 17.6 Å². The van der Waals surface area contributed by atoms with Crippen LogP contribution in [0.4, 0.5) is 11.5 Å². The Morgan fingerprint density at radius 3 is 2.22 bits per heavy atom. The van der Waals surface area contributed by atoms with E-state index in [0.717, 1.165) is 44.8 Å². The first-order valence-corrected chi connectivity index (χ1v) is 9.93. The van der Waals surface area contributed by atoms with Gasteiger partial charge in [-0.1, -0.05) is 40.5 Å². The molecule has 0 bridgehead atoms. The molecule has 2 fully saturated rings. The number of nitrogens with one attached hydrogen (secondary N) is 4. The fourth-order valence-electron chi connectivity index (χ4n) is 2.86. The maximum Gasteiger partial charge on any atom is 0.225 e. The van der Waals surface area contributed by atoms with Crippen LogP contribution in [0.1, 0.15) is 59.1 Å². The monoisotopic (exact) mass is 400 g/mol. The maximum atomic E-state index is 7.36. The van der Waals surface area contributed by atoms with Crippen LogP contribution in [-0.4, -0.2) is 55.6 Å². The fraction of sp³-hybridized carbons (Fsp3) is 0.737. The minimum atomic E-state index is 0. The van der Waals surface area contributed by atoms with Crippen LogP contribution in [0.5, 0.6) is 0 Å². The van der Waals surface area contributed by atoms with Gasteiger partial charge in [-0.25, -0.2) is 4.98 Å². The molecule has 0 atom stereocenters. The first-order chi connectivity index (χ1) is 12.7. The van der Waals surface area contributed by atoms with Crippen molar-refractivity contribution in [2.45, 2.75) is 59.4 Å². The van der Waals surface area contributed by atoms with Crippen LogP contribution in [0.3, 0.4) is 0 Å². The van der Waals surface area contributed by atoms with E-state index >= 15 is 0 Å². The third-order valence-corrected chi connectivity index (χ3v) is 4.26. The van der Waals surface area contributed by atoms with Crippen molar-refractivity contribution in [2.75, 3.05) is 44.0 Å². The zero-order chi connectivity index (χ0) is 19.2. The Bertz CT molecular complexity index is 508. The molecule has 0 spiro atoms. The van der Waals surface area contributed by atoms with E-state index in [1.54, 1.807) is 7.05 Å². The zero-order valence-corrected chi connectivity index (χ0v) is 17.0. The molecule has 1 aliphatic heterocycles. The van der Waals surface area contributed by atoms with Crippen molar-refractivity contribution in [3.8, 4) is 0 Å². The molecule has 1 aromatic rings. The van der Waals surface area contributed by atoms with Crippen LogP contribution in [0.25, 0.3) is 0 Å². The predicted molar refractivity (Wildman–Crippen MR) is 117 cm³/mol. The van der Waals surface area contributed by atoms with E-state index < -0.39 is 0 Å². The number of hydrogen-bond donors (Lipinski definition) is 4. The number of rotatable bonds is 4. The van der Waals surface area contributed by atoms with Crippen LogP contribution in [0, 0.1) is 5.41 Å². The Morgan fingerprint density at radius 1 is 1.15 bits per heavy atom. The summed E-state index contributed by atoms with van der Waals surface area (Å²) in [5.74, 6) is 0.697. The van der Waals surface area contributed by atoms with E-state index in [9.17, 15) is 0 Å². The maximum absolute atomic E-state index is 7.36. The lowest BCUT2D eigenvalue weighted by Crippen LogP contribution is -2.30. The molecule has 1 aliphatic carbocycles. The SMILES string of the molecule is C.C1COCCN1.CC.CNc1c(C=N)nc(Cl)nc1NC1CCCCC1. The molecule has 1 saturated heterocycles. The summed E-state index contributed by atoms with van der Waals surface area (Å²) in [6.45, 7) is 7.83. The number of hydrogen-bond acceptors (Lipinski definition) is 7. The second-order valence-corrected chi connectivity index (χ2v) is 6.18. The summed E-state index contributed by atoms with van der Waals surface area (Å²) in [5.41, 5.74) is 1.25. The van der Waals surface area contributed by atoms with Crippen molar-refractivity contribution in [3.05, 3.63) is 11.0 Å². The molecule has 1 aromatic heterocycles. The van der Waals surface area contributed by atoms with Crippen LogP contribution in [0.15, 0.2) is 0 Å². The first kappa shape index (κ1) is 25.6. The highest BCUT2D eigenvalue weighted by molar-refractivity contribution is 6.28. The molecule has 8 heteroatoms. The lowest BCUT2D eigenvalue weighted by atomic mass is 9.95. The predicted octanol–water partition coefficient (Wildman–Crippen LogP) is 4.18. The second-order valence-electron chi connectivity index (χ2n) is 5.84. The lowest BCUT2D eigenvalue weighted by molar-refractivity contribution is 0.109. The number of morpholine rings is 1. The summed E-state index contributed by atoms with van der Waals surface area (Å²) in [7, 11) is 1.80. The minimum Gasteiger partial charge on any atom is -0.383 e. The fourth-order valence-corrected chi connectivity index (χ4v) is 3.04. The van der Waals surface area contributed by atoms with Crippen molar-refractivity contribution in [1.29, 1.82) is 5.41 Å². The standard InChI is InChI=1S/C12H18ClN5.C4H9NO.C2H6.CH4/c1-15-10-9(7-14)17-12(13)18-11(10)16-8-5-3-2-4-6-8;1-3-6-4-2-5-1;1-2;/h7-8,14-15H,2-6H2,1H3,(H,16,17,18);5H,1-4H2;1-2H3;1H4. The van der Waals surface area contributed by atoms with Gasteiger partial charge in [0.15, 0.2) is 5.82 Å². The molecule has 7 nitrogen and oxygen atoms in total. The molecule has 0 amide bonds. The number of aromatic nitrogens is 2. The molecule has 1 saturated carbocycles. The van der Waals surface area contributed by atoms with Gasteiger partial charge in [0, 0.05) is 32.4 Å². The lowest BCUT2D eigenvalue weighted by Gasteiger charge is -2.24. The largest absolute Gasteiger partial charge is 0.383 e. The van der Waals surface area contributed by atoms with Gasteiger partial charge >= 0.3 is 0 Å². The number of halogens is 1. The van der Waals surface area contributed by atoms with E-state index in [4.69, 9.17) is 21.7 Å². The Kier molecular flexibility index (Phi) is 14.8. The molecule has 0 aromatic carbocycles. The van der Waals surface area contributed by atoms with E-state index in [1.807, 2.05) is 13.8 Å². The summed E-state index contributed by atoms with van der Waals surface area (Å²) in [6, 6.07) is 0.440. The Morgan fingerprint density at radius 2 is 1.78 bits per heavy atom. The van der Waals surface area contributed by atoms with E-state index in [-0.39, 0.29) is 12.7 Å². The van der Waals surface area contributed by atoms with Crippen LogP contribution < -0.4 is 16.0 Å². The number of ether oxygens (including phenoxy) is 1. The summed E-state index contributed by atoms with van der Waals surface area (Å²) in [5, 5.41) is 17.1. The topological polar surface area (TPSA) is 95.0 Å². The van der Waals surface area contributed by atoms with Gasteiger partial charge in [0.25, 0.3) is 0 Å². The van der Waals surface area contributed by atoms with E-state index in [2.05, 4.69) is 25.9 Å². The molecule has 3 rings (SSSR count). The summed E-state index contributed by atoms with van der Waals surface area (Å²) >= 11 is 5.88. The quantitative estimate of drug-likeness (QED) is 0.447. The van der Waals surface area contributed by atoms with Crippen molar-refractivity contribution >= 4 is 29.3 Å². The molecule has 0 unspecified atom stereocenters. The normalized spacial score (nSPS) is 16.4. The van der Waals surface area contributed by atoms with Gasteiger partial charge in [-0.3, -0.25) is 0 Å². The Labute approximate surface area is 169 Å². The van der Waals surface area contributed by atoms with Gasteiger partial charge in [0.2, 0.25) is 5.28 Å². The minimum absolute atomic E-state index is 0. The van der Waals surface area contributed by atoms with Crippen molar-refractivity contribution in [1.82, 2.24) is 15.3 Å². The van der Waals surface area contributed by atoms with Crippen molar-refractivity contribution in [2.24, 2.45) is 0 Å². The molecule has 2 aliphatic rings. The highest BCUT2D eigenvalue weighted by atomic mass is 35.5. The molecular weight excluding hydrogens is 364 g/mol. The van der Waals surface area contributed by atoms with Crippen molar-refractivity contribution < 1.29 is 4.74 Å². The molecule has 4 N–H and O–H groups in total. The van der Waals surface area contributed by atoms with Crippen LogP contribution >= 0.6 is 11.6 Å². The molecular formula is C19H37ClN6O. The van der Waals surface area contributed by atoms with Crippen LogP contribution in [-0.2, 0) is 4.74 Å². The third-order valence-electron chi connectivity index (χ3n) is 4.09. The first-order valence-electron chi connectivity index (χ1n) is 9.55. The van der Waals surface area contributed by atoms with Crippen LogP contribution in [0.2, 0.25) is 5.28 Å². The van der Waals surface area contributed by atoms with Gasteiger partial charge < -0.3 is 26.1 Å². The summed E-state index contributed by atoms with van der Waals surface area (Å²) in [4.78, 5) is 8.25. The highest BCUT2D eigenvalue weighted by Gasteiger charge is 2.17. The smallest absolute Gasteiger partial charge is 0.225 e. The summed E-state index contributed by atoms with van der Waals surface area (Å²) in [6.07, 6.45) is 7.32. The molecule has 27 heavy (non-hydrogen) atoms. The Balaban J connectivity index is 0.000000634. The average Bonchev–Trinajstić information content (AvgIpc) is 2.71. The highest BCUT2D eigenvalue weighted by Crippen LogP contribution is 2.27. The third kappa shape index (κ3) is 9.35. The van der Waals surface area contributed by atoms with E-state index in [1.165, 1.54) is 25.5 Å². The van der Waals surface area contributed by atoms with Gasteiger partial charge in [-0.05, 0) is 24.4 Å². The molecule has 2 heterocycles. The van der Waals surface area contributed by atoms with Crippen molar-refractivity contribution in [3.63, 3.8) is 0 Å². The van der Waals surface area contributed by atoms with Gasteiger partial charge in [-0.15, -0.1) is 0 Å². The van der Waals surface area contributed by atoms with Gasteiger partial charge in [0.1, 0.15) is 11.4 Å². The number of anilines is 2. The molecule has 0 radical (unpaired) electrons. The second kappa shape index (κ2) is 15.6. The molecule has 156 valence electrons. The summed E-state index contributed by atoms with van der Waals surface area (Å²) < 4.78 is 5.01. The van der Waals surface area contributed by atoms with Gasteiger partial charge in [0.05, 0.1) is 13.2 Å².